The van der Waals surface area contributed by atoms with E-state index in [1.807, 2.05) is 20.8 Å². The second-order valence-corrected chi connectivity index (χ2v) is 2.95. The maximum atomic E-state index is 11.0. The first-order valence-corrected chi connectivity index (χ1v) is 4.03. The lowest BCUT2D eigenvalue weighted by Gasteiger charge is -2.15. The Bertz CT molecular complexity index is 119. The highest BCUT2D eigenvalue weighted by Gasteiger charge is 2.11. The molecule has 0 heterocycles. The van der Waals surface area contributed by atoms with E-state index in [1.54, 1.807) is 0 Å². The van der Waals surface area contributed by atoms with Gasteiger partial charge in [-0.1, -0.05) is 20.8 Å². The molecular formula is C8H17NO2. The van der Waals surface area contributed by atoms with Crippen LogP contribution in [0.15, 0.2) is 0 Å². The van der Waals surface area contributed by atoms with Gasteiger partial charge >= 0.3 is 0 Å². The van der Waals surface area contributed by atoms with E-state index in [-0.39, 0.29) is 24.5 Å². The molecular weight excluding hydrogens is 142 g/mol. The number of aliphatic hydroxyl groups excluding tert-OH is 1. The molecule has 3 heteroatoms. The van der Waals surface area contributed by atoms with Crippen LogP contribution in [0.3, 0.4) is 0 Å². The lowest BCUT2D eigenvalue weighted by molar-refractivity contribution is -0.125. The molecule has 2 N–H and O–H groups in total. The second kappa shape index (κ2) is 5.13. The van der Waals surface area contributed by atoms with Crippen LogP contribution in [0.1, 0.15) is 27.2 Å². The predicted octanol–water partition coefficient (Wildman–Crippen LogP) is 0.529. The number of hydrogen-bond acceptors (Lipinski definition) is 2. The zero-order valence-corrected chi connectivity index (χ0v) is 7.42. The van der Waals surface area contributed by atoms with Crippen LogP contribution in [0.5, 0.6) is 0 Å². The average Bonchev–Trinajstić information content (AvgIpc) is 1.99. The molecule has 1 amide bonds. The molecule has 0 rings (SSSR count). The normalized spacial score (nSPS) is 13.2. The van der Waals surface area contributed by atoms with Crippen molar-refractivity contribution < 1.29 is 9.90 Å². The zero-order chi connectivity index (χ0) is 8.85. The van der Waals surface area contributed by atoms with E-state index in [1.165, 1.54) is 0 Å². The van der Waals surface area contributed by atoms with E-state index in [2.05, 4.69) is 5.32 Å². The van der Waals surface area contributed by atoms with Crippen molar-refractivity contribution in [1.29, 1.82) is 0 Å². The zero-order valence-electron chi connectivity index (χ0n) is 7.42. The smallest absolute Gasteiger partial charge is 0.222 e. The first kappa shape index (κ1) is 10.4. The van der Waals surface area contributed by atoms with E-state index in [0.717, 1.165) is 6.42 Å². The number of rotatable bonds is 4. The standard InChI is InChI=1S/C8H17NO2/c1-4-7(5-10)9-8(11)6(2)3/h6-7,10H,4-5H2,1-3H3,(H,9,11)/t7-/m1/s1. The van der Waals surface area contributed by atoms with Crippen molar-refractivity contribution in [2.75, 3.05) is 6.61 Å². The summed E-state index contributed by atoms with van der Waals surface area (Å²) in [6.07, 6.45) is 0.773. The molecule has 0 spiro atoms. The van der Waals surface area contributed by atoms with Gasteiger partial charge in [-0.05, 0) is 6.42 Å². The largest absolute Gasteiger partial charge is 0.394 e. The Hall–Kier alpha value is -0.570. The highest BCUT2D eigenvalue weighted by Crippen LogP contribution is 1.95. The minimum absolute atomic E-state index is 0.00407. The molecule has 0 saturated heterocycles. The van der Waals surface area contributed by atoms with Crippen molar-refractivity contribution >= 4 is 5.91 Å². The molecule has 0 aromatic carbocycles. The summed E-state index contributed by atoms with van der Waals surface area (Å²) in [5.41, 5.74) is 0. The van der Waals surface area contributed by atoms with Crippen molar-refractivity contribution in [2.45, 2.75) is 33.2 Å². The topological polar surface area (TPSA) is 49.3 Å². The first-order valence-electron chi connectivity index (χ1n) is 4.03. The Morgan fingerprint density at radius 1 is 1.55 bits per heavy atom. The summed E-state index contributed by atoms with van der Waals surface area (Å²) in [5, 5.41) is 11.5. The SMILES string of the molecule is CC[C@H](CO)NC(=O)C(C)C. The number of carbonyl (C=O) groups excluding carboxylic acids is 1. The Labute approximate surface area is 67.8 Å². The van der Waals surface area contributed by atoms with Gasteiger partial charge in [0.15, 0.2) is 0 Å². The van der Waals surface area contributed by atoms with Crippen molar-refractivity contribution in [3.63, 3.8) is 0 Å². The van der Waals surface area contributed by atoms with Gasteiger partial charge < -0.3 is 10.4 Å². The summed E-state index contributed by atoms with van der Waals surface area (Å²) in [4.78, 5) is 11.0. The highest BCUT2D eigenvalue weighted by molar-refractivity contribution is 5.78. The molecule has 3 nitrogen and oxygen atoms in total. The molecule has 0 aromatic heterocycles. The summed E-state index contributed by atoms with van der Waals surface area (Å²) in [6.45, 7) is 5.62. The van der Waals surface area contributed by atoms with Gasteiger partial charge in [0.05, 0.1) is 12.6 Å². The summed E-state index contributed by atoms with van der Waals surface area (Å²) in [7, 11) is 0. The molecule has 0 aliphatic rings. The monoisotopic (exact) mass is 159 g/mol. The number of amides is 1. The van der Waals surface area contributed by atoms with E-state index < -0.39 is 0 Å². The van der Waals surface area contributed by atoms with Gasteiger partial charge in [0.25, 0.3) is 0 Å². The average molecular weight is 159 g/mol. The highest BCUT2D eigenvalue weighted by atomic mass is 16.3. The van der Waals surface area contributed by atoms with Gasteiger partial charge in [-0.15, -0.1) is 0 Å². The van der Waals surface area contributed by atoms with Crippen LogP contribution in [0.2, 0.25) is 0 Å². The Morgan fingerprint density at radius 2 is 2.09 bits per heavy atom. The van der Waals surface area contributed by atoms with Crippen molar-refractivity contribution in [3.8, 4) is 0 Å². The molecule has 0 aliphatic heterocycles. The van der Waals surface area contributed by atoms with Crippen LogP contribution in [-0.2, 0) is 4.79 Å². The molecule has 0 radical (unpaired) electrons. The fourth-order valence-corrected chi connectivity index (χ4v) is 0.645. The number of aliphatic hydroxyl groups is 1. The van der Waals surface area contributed by atoms with Crippen LogP contribution in [0.4, 0.5) is 0 Å². The number of nitrogens with one attached hydrogen (secondary N) is 1. The quantitative estimate of drug-likeness (QED) is 0.628. The summed E-state index contributed by atoms with van der Waals surface area (Å²) in [6, 6.07) is -0.0788. The molecule has 0 fully saturated rings. The minimum atomic E-state index is -0.0788. The predicted molar refractivity (Wildman–Crippen MR) is 44.1 cm³/mol. The van der Waals surface area contributed by atoms with Crippen LogP contribution in [0, 0.1) is 5.92 Å². The van der Waals surface area contributed by atoms with Gasteiger partial charge in [0, 0.05) is 5.92 Å². The molecule has 0 aromatic rings. The first-order chi connectivity index (χ1) is 5.11. The molecule has 0 aliphatic carbocycles. The molecule has 0 saturated carbocycles. The Balaban J connectivity index is 3.72. The van der Waals surface area contributed by atoms with Gasteiger partial charge in [0.2, 0.25) is 5.91 Å². The number of hydrogen-bond donors (Lipinski definition) is 2. The Kier molecular flexibility index (Phi) is 4.86. The molecule has 0 unspecified atom stereocenters. The van der Waals surface area contributed by atoms with Crippen molar-refractivity contribution in [2.24, 2.45) is 5.92 Å². The fourth-order valence-electron chi connectivity index (χ4n) is 0.645. The van der Waals surface area contributed by atoms with Crippen molar-refractivity contribution in [3.05, 3.63) is 0 Å². The molecule has 66 valence electrons. The van der Waals surface area contributed by atoms with Crippen LogP contribution >= 0.6 is 0 Å². The van der Waals surface area contributed by atoms with E-state index in [9.17, 15) is 4.79 Å². The van der Waals surface area contributed by atoms with Crippen LogP contribution in [0.25, 0.3) is 0 Å². The van der Waals surface area contributed by atoms with E-state index in [4.69, 9.17) is 5.11 Å². The fraction of sp³-hybridized carbons (Fsp3) is 0.875. The lowest BCUT2D eigenvalue weighted by Crippen LogP contribution is -2.39. The van der Waals surface area contributed by atoms with E-state index in [0.29, 0.717) is 0 Å². The third-order valence-corrected chi connectivity index (χ3v) is 1.58. The van der Waals surface area contributed by atoms with Gasteiger partial charge in [-0.25, -0.2) is 0 Å². The molecule has 0 bridgehead atoms. The molecule has 1 atom stereocenters. The van der Waals surface area contributed by atoms with E-state index >= 15 is 0 Å². The van der Waals surface area contributed by atoms with Gasteiger partial charge in [0.1, 0.15) is 0 Å². The Morgan fingerprint density at radius 3 is 2.36 bits per heavy atom. The third-order valence-electron chi connectivity index (χ3n) is 1.58. The lowest BCUT2D eigenvalue weighted by atomic mass is 10.1. The maximum absolute atomic E-state index is 11.0. The molecule has 11 heavy (non-hydrogen) atoms. The maximum Gasteiger partial charge on any atom is 0.222 e. The van der Waals surface area contributed by atoms with Crippen LogP contribution < -0.4 is 5.32 Å². The minimum Gasteiger partial charge on any atom is -0.394 e. The third kappa shape index (κ3) is 3.98. The summed E-state index contributed by atoms with van der Waals surface area (Å²) in [5.74, 6) is 0.00139. The summed E-state index contributed by atoms with van der Waals surface area (Å²) < 4.78 is 0. The van der Waals surface area contributed by atoms with Gasteiger partial charge in [-0.3, -0.25) is 4.79 Å². The van der Waals surface area contributed by atoms with Crippen LogP contribution in [-0.4, -0.2) is 23.7 Å². The number of carbonyl (C=O) groups is 1. The van der Waals surface area contributed by atoms with Crippen molar-refractivity contribution in [1.82, 2.24) is 5.32 Å². The van der Waals surface area contributed by atoms with Gasteiger partial charge in [-0.2, -0.15) is 0 Å². The second-order valence-electron chi connectivity index (χ2n) is 2.95. The summed E-state index contributed by atoms with van der Waals surface area (Å²) >= 11 is 0.